The largest absolute Gasteiger partial charge is 0.212 e. The molecule has 30 heavy (non-hydrogen) atoms. The Bertz CT molecular complexity index is 1020. The Morgan fingerprint density at radius 2 is 1.40 bits per heavy atom. The van der Waals surface area contributed by atoms with Crippen LogP contribution < -0.4 is 0 Å². The van der Waals surface area contributed by atoms with Crippen molar-refractivity contribution in [3.63, 3.8) is 0 Å². The first-order valence-electron chi connectivity index (χ1n) is 11.4. The van der Waals surface area contributed by atoms with E-state index in [9.17, 15) is 0 Å². The summed E-state index contributed by atoms with van der Waals surface area (Å²) in [5.74, 6) is 5.04. The van der Waals surface area contributed by atoms with E-state index in [-0.39, 0.29) is 5.41 Å². The van der Waals surface area contributed by atoms with Gasteiger partial charge in [0.15, 0.2) is 11.6 Å². The highest BCUT2D eigenvalue weighted by atomic mass is 15.0. The molecular formula is C27H31N3. The van der Waals surface area contributed by atoms with E-state index in [1.807, 2.05) is 6.07 Å². The molecule has 0 radical (unpaired) electrons. The van der Waals surface area contributed by atoms with Crippen molar-refractivity contribution in [1.82, 2.24) is 15.0 Å². The number of rotatable bonds is 3. The van der Waals surface area contributed by atoms with Crippen LogP contribution in [0.1, 0.15) is 57.3 Å². The van der Waals surface area contributed by atoms with Gasteiger partial charge in [0.05, 0.1) is 0 Å². The smallest absolute Gasteiger partial charge is 0.163 e. The Balaban J connectivity index is 1.62. The van der Waals surface area contributed by atoms with Crippen LogP contribution in [0, 0.1) is 24.7 Å². The molecule has 0 amide bonds. The van der Waals surface area contributed by atoms with Gasteiger partial charge >= 0.3 is 0 Å². The lowest BCUT2D eigenvalue weighted by Crippen LogP contribution is -2.40. The van der Waals surface area contributed by atoms with Crippen LogP contribution in [0.15, 0.2) is 54.6 Å². The van der Waals surface area contributed by atoms with Gasteiger partial charge in [-0.3, -0.25) is 0 Å². The van der Waals surface area contributed by atoms with Crippen LogP contribution in [0.4, 0.5) is 0 Å². The minimum Gasteiger partial charge on any atom is -0.212 e. The molecule has 3 aromatic rings. The van der Waals surface area contributed by atoms with E-state index in [0.29, 0.717) is 0 Å². The lowest BCUT2D eigenvalue weighted by atomic mass is 9.59. The van der Waals surface area contributed by atoms with E-state index in [4.69, 9.17) is 15.0 Å². The van der Waals surface area contributed by atoms with Gasteiger partial charge in [0.1, 0.15) is 5.82 Å². The average molecular weight is 398 g/mol. The second kappa shape index (κ2) is 7.61. The monoisotopic (exact) mass is 397 g/mol. The van der Waals surface area contributed by atoms with Crippen LogP contribution in [-0.2, 0) is 5.41 Å². The second-order valence-electron chi connectivity index (χ2n) is 10.1. The standard InChI is InChI=1S/C27H31N3/c1-18-8-7-11-23(14-18)25-28-24(22-9-5-4-6-10-22)29-26(30-25)27(3)16-20-12-19(2)13-21(15-20)17-27/h4-11,14,19-21H,12-13,15-17H2,1-3H3. The van der Waals surface area contributed by atoms with Gasteiger partial charge in [-0.2, -0.15) is 0 Å². The van der Waals surface area contributed by atoms with Gasteiger partial charge in [0, 0.05) is 16.5 Å². The third kappa shape index (κ3) is 3.78. The summed E-state index contributed by atoms with van der Waals surface area (Å²) in [7, 11) is 0. The fraction of sp³-hybridized carbons (Fsp3) is 0.444. The molecule has 0 N–H and O–H groups in total. The van der Waals surface area contributed by atoms with Crippen molar-refractivity contribution in [2.45, 2.75) is 58.3 Å². The summed E-state index contributed by atoms with van der Waals surface area (Å²) in [6.45, 7) is 6.94. The fourth-order valence-electron chi connectivity index (χ4n) is 6.05. The third-order valence-electron chi connectivity index (χ3n) is 7.10. The third-order valence-corrected chi connectivity index (χ3v) is 7.10. The molecule has 2 atom stereocenters. The van der Waals surface area contributed by atoms with Crippen LogP contribution in [0.3, 0.4) is 0 Å². The number of aryl methyl sites for hydroxylation is 1. The first-order chi connectivity index (χ1) is 14.5. The van der Waals surface area contributed by atoms with Crippen molar-refractivity contribution in [1.29, 1.82) is 0 Å². The molecule has 1 aromatic heterocycles. The van der Waals surface area contributed by atoms with Gasteiger partial charge in [0.25, 0.3) is 0 Å². The highest BCUT2D eigenvalue weighted by Crippen LogP contribution is 2.50. The van der Waals surface area contributed by atoms with Gasteiger partial charge in [-0.1, -0.05) is 67.9 Å². The van der Waals surface area contributed by atoms with Crippen molar-refractivity contribution < 1.29 is 0 Å². The zero-order valence-electron chi connectivity index (χ0n) is 18.3. The number of aromatic nitrogens is 3. The van der Waals surface area contributed by atoms with E-state index < -0.39 is 0 Å². The Labute approximate surface area is 180 Å². The number of hydrogen-bond acceptors (Lipinski definition) is 3. The highest BCUT2D eigenvalue weighted by molar-refractivity contribution is 5.61. The molecule has 5 rings (SSSR count). The molecule has 2 bridgehead atoms. The fourth-order valence-corrected chi connectivity index (χ4v) is 6.05. The summed E-state index contributed by atoms with van der Waals surface area (Å²) >= 11 is 0. The van der Waals surface area contributed by atoms with E-state index in [1.54, 1.807) is 0 Å². The van der Waals surface area contributed by atoms with Crippen molar-refractivity contribution in [2.24, 2.45) is 17.8 Å². The summed E-state index contributed by atoms with van der Waals surface area (Å²) in [5, 5.41) is 0. The van der Waals surface area contributed by atoms with Crippen molar-refractivity contribution in [3.05, 3.63) is 66.0 Å². The molecule has 154 valence electrons. The number of benzene rings is 2. The van der Waals surface area contributed by atoms with Crippen molar-refractivity contribution >= 4 is 0 Å². The van der Waals surface area contributed by atoms with Crippen LogP contribution in [0.25, 0.3) is 22.8 Å². The normalized spacial score (nSPS) is 28.3. The molecule has 0 spiro atoms. The maximum Gasteiger partial charge on any atom is 0.163 e. The summed E-state index contributed by atoms with van der Waals surface area (Å²) in [6.07, 6.45) is 6.49. The molecule has 1 heterocycles. The Morgan fingerprint density at radius 1 is 0.767 bits per heavy atom. The van der Waals surface area contributed by atoms with Gasteiger partial charge in [-0.05, 0) is 62.8 Å². The van der Waals surface area contributed by atoms with E-state index >= 15 is 0 Å². The Kier molecular flexibility index (Phi) is 4.92. The molecule has 2 unspecified atom stereocenters. The first-order valence-corrected chi connectivity index (χ1v) is 11.4. The SMILES string of the molecule is Cc1cccc(-c2nc(-c3ccccc3)nc(C3(C)CC4CC(C)CC(C4)C3)n2)c1. The van der Waals surface area contributed by atoms with Crippen LogP contribution in [0.2, 0.25) is 0 Å². The van der Waals surface area contributed by atoms with Crippen LogP contribution >= 0.6 is 0 Å². The molecule has 2 fully saturated rings. The zero-order valence-corrected chi connectivity index (χ0v) is 18.3. The molecule has 2 saturated carbocycles. The number of fused-ring (bicyclic) bond motifs is 2. The Hall–Kier alpha value is -2.55. The zero-order chi connectivity index (χ0) is 20.7. The van der Waals surface area contributed by atoms with Gasteiger partial charge < -0.3 is 0 Å². The maximum absolute atomic E-state index is 5.09. The first kappa shape index (κ1) is 19.4. The molecule has 3 heteroatoms. The van der Waals surface area contributed by atoms with Crippen LogP contribution in [0.5, 0.6) is 0 Å². The predicted octanol–water partition coefficient (Wildman–Crippen LogP) is 6.62. The minimum absolute atomic E-state index is 0.0266. The maximum atomic E-state index is 5.09. The summed E-state index contributed by atoms with van der Waals surface area (Å²) < 4.78 is 0. The molecule has 2 aliphatic carbocycles. The molecule has 2 aliphatic rings. The molecule has 3 nitrogen and oxygen atoms in total. The quantitative estimate of drug-likeness (QED) is 0.498. The summed E-state index contributed by atoms with van der Waals surface area (Å²) in [5.41, 5.74) is 3.38. The lowest BCUT2D eigenvalue weighted by molar-refractivity contribution is 0.0857. The average Bonchev–Trinajstić information content (AvgIpc) is 2.73. The highest BCUT2D eigenvalue weighted by Gasteiger charge is 2.43. The molecular weight excluding hydrogens is 366 g/mol. The van der Waals surface area contributed by atoms with Gasteiger partial charge in [0.2, 0.25) is 0 Å². The molecule has 0 aliphatic heterocycles. The summed E-state index contributed by atoms with van der Waals surface area (Å²) in [6, 6.07) is 18.8. The topological polar surface area (TPSA) is 38.7 Å². The lowest BCUT2D eigenvalue weighted by Gasteiger charge is -2.46. The summed E-state index contributed by atoms with van der Waals surface area (Å²) in [4.78, 5) is 15.1. The van der Waals surface area contributed by atoms with Crippen molar-refractivity contribution in [2.75, 3.05) is 0 Å². The van der Waals surface area contributed by atoms with Crippen LogP contribution in [-0.4, -0.2) is 15.0 Å². The van der Waals surface area contributed by atoms with Crippen molar-refractivity contribution in [3.8, 4) is 22.8 Å². The molecule has 0 saturated heterocycles. The van der Waals surface area contributed by atoms with E-state index in [0.717, 1.165) is 46.4 Å². The number of nitrogens with zero attached hydrogens (tertiary/aromatic N) is 3. The second-order valence-corrected chi connectivity index (χ2v) is 10.1. The minimum atomic E-state index is 0.0266. The molecule has 2 aromatic carbocycles. The van der Waals surface area contributed by atoms with E-state index in [1.165, 1.54) is 37.7 Å². The van der Waals surface area contributed by atoms with Gasteiger partial charge in [-0.15, -0.1) is 0 Å². The number of hydrogen-bond donors (Lipinski definition) is 0. The van der Waals surface area contributed by atoms with Gasteiger partial charge in [-0.25, -0.2) is 15.0 Å². The predicted molar refractivity (Wildman–Crippen MR) is 122 cm³/mol. The Morgan fingerprint density at radius 3 is 2.07 bits per heavy atom. The van der Waals surface area contributed by atoms with E-state index in [2.05, 4.69) is 69.3 Å².